The quantitative estimate of drug-likeness (QED) is 0.777. The number of carbonyl (C=O) groups is 2. The van der Waals surface area contributed by atoms with Crippen molar-refractivity contribution in [3.63, 3.8) is 0 Å². The number of anilines is 2. The maximum atomic E-state index is 12.7. The first-order valence-electron chi connectivity index (χ1n) is 8.58. The van der Waals surface area contributed by atoms with Crippen LogP contribution in [-0.2, 0) is 4.79 Å². The van der Waals surface area contributed by atoms with Gasteiger partial charge in [0.05, 0.1) is 12.3 Å². The Hall–Kier alpha value is -2.61. The van der Waals surface area contributed by atoms with E-state index in [1.54, 1.807) is 23.2 Å². The summed E-state index contributed by atoms with van der Waals surface area (Å²) in [6.45, 7) is 4.31. The summed E-state index contributed by atoms with van der Waals surface area (Å²) in [5.74, 6) is 0.362. The smallest absolute Gasteiger partial charge is 0.322 e. The van der Waals surface area contributed by atoms with Gasteiger partial charge in [0.25, 0.3) is 0 Å². The molecule has 8 heteroatoms. The second kappa shape index (κ2) is 8.18. The average molecular weight is 374 g/mol. The van der Waals surface area contributed by atoms with Crippen LogP contribution in [0.3, 0.4) is 0 Å². The van der Waals surface area contributed by atoms with Gasteiger partial charge in [0.15, 0.2) is 5.13 Å². The summed E-state index contributed by atoms with van der Waals surface area (Å²) in [6, 6.07) is 7.06. The highest BCUT2D eigenvalue weighted by atomic mass is 32.1. The molecular weight excluding hydrogens is 352 g/mol. The molecule has 26 heavy (non-hydrogen) atoms. The van der Waals surface area contributed by atoms with Gasteiger partial charge in [-0.15, -0.1) is 11.3 Å². The van der Waals surface area contributed by atoms with Crippen LogP contribution in [0, 0.1) is 6.92 Å². The maximum absolute atomic E-state index is 12.7. The van der Waals surface area contributed by atoms with Gasteiger partial charge in [-0.3, -0.25) is 4.79 Å². The molecule has 2 N–H and O–H groups in total. The zero-order valence-electron chi connectivity index (χ0n) is 14.8. The molecule has 1 heterocycles. The third kappa shape index (κ3) is 4.72. The van der Waals surface area contributed by atoms with Crippen molar-refractivity contribution in [1.82, 2.24) is 9.88 Å². The van der Waals surface area contributed by atoms with Gasteiger partial charge in [0.1, 0.15) is 12.3 Å². The summed E-state index contributed by atoms with van der Waals surface area (Å²) in [6.07, 6.45) is 3.52. The molecule has 0 saturated heterocycles. The summed E-state index contributed by atoms with van der Waals surface area (Å²) in [4.78, 5) is 31.7. The summed E-state index contributed by atoms with van der Waals surface area (Å²) in [5, 5.41) is 6.15. The number of nitrogens with one attached hydrogen (secondary N) is 2. The van der Waals surface area contributed by atoms with Crippen molar-refractivity contribution in [3.05, 3.63) is 35.3 Å². The molecule has 1 saturated carbocycles. The zero-order valence-corrected chi connectivity index (χ0v) is 15.6. The van der Waals surface area contributed by atoms with Crippen LogP contribution in [-0.4, -0.2) is 41.0 Å². The topological polar surface area (TPSA) is 83.6 Å². The molecule has 3 rings (SSSR count). The molecule has 2 aromatic rings. The van der Waals surface area contributed by atoms with Crippen LogP contribution >= 0.6 is 11.3 Å². The number of urea groups is 1. The second-order valence-corrected chi connectivity index (χ2v) is 7.28. The van der Waals surface area contributed by atoms with Gasteiger partial charge in [0.2, 0.25) is 5.91 Å². The Morgan fingerprint density at radius 3 is 2.73 bits per heavy atom. The Bertz CT molecular complexity index is 788. The van der Waals surface area contributed by atoms with Crippen LogP contribution in [0.2, 0.25) is 0 Å². The third-order valence-corrected chi connectivity index (χ3v) is 4.69. The van der Waals surface area contributed by atoms with Crippen molar-refractivity contribution in [2.75, 3.05) is 23.8 Å². The molecule has 1 aliphatic carbocycles. The molecule has 0 spiro atoms. The van der Waals surface area contributed by atoms with Crippen LogP contribution in [0.4, 0.5) is 15.6 Å². The van der Waals surface area contributed by atoms with E-state index in [1.807, 2.05) is 26.0 Å². The number of nitrogens with zero attached hydrogens (tertiary/aromatic N) is 2. The first-order chi connectivity index (χ1) is 12.6. The molecule has 7 nitrogen and oxygen atoms in total. The van der Waals surface area contributed by atoms with Gasteiger partial charge in [-0.1, -0.05) is 12.1 Å². The van der Waals surface area contributed by atoms with Gasteiger partial charge in [-0.05, 0) is 38.8 Å². The fourth-order valence-corrected chi connectivity index (χ4v) is 3.20. The van der Waals surface area contributed by atoms with Crippen molar-refractivity contribution in [2.45, 2.75) is 32.7 Å². The number of hydrogen-bond acceptors (Lipinski definition) is 5. The van der Waals surface area contributed by atoms with Crippen LogP contribution in [0.1, 0.15) is 24.6 Å². The van der Waals surface area contributed by atoms with Crippen molar-refractivity contribution in [3.8, 4) is 5.75 Å². The second-order valence-electron chi connectivity index (χ2n) is 6.04. The molecule has 3 amide bonds. The first-order valence-corrected chi connectivity index (χ1v) is 9.40. The Morgan fingerprint density at radius 1 is 1.31 bits per heavy atom. The van der Waals surface area contributed by atoms with Gasteiger partial charge in [-0.2, -0.15) is 0 Å². The number of aryl methyl sites for hydroxylation is 1. The van der Waals surface area contributed by atoms with E-state index >= 15 is 0 Å². The number of carbonyl (C=O) groups excluding carboxylic acids is 2. The predicted molar refractivity (Wildman–Crippen MR) is 102 cm³/mol. The highest BCUT2D eigenvalue weighted by molar-refractivity contribution is 7.15. The third-order valence-electron chi connectivity index (χ3n) is 3.86. The van der Waals surface area contributed by atoms with Crippen molar-refractivity contribution in [1.29, 1.82) is 0 Å². The normalized spacial score (nSPS) is 13.2. The lowest BCUT2D eigenvalue weighted by atomic mass is 10.3. The van der Waals surface area contributed by atoms with E-state index in [2.05, 4.69) is 15.6 Å². The SMILES string of the molecule is CCOc1ccccc1NC(=O)N(CC(=O)Nc1ncc(C)s1)C1CC1. The molecular formula is C18H22N4O3S. The fourth-order valence-electron chi connectivity index (χ4n) is 2.52. The summed E-state index contributed by atoms with van der Waals surface area (Å²) in [5.41, 5.74) is 0.598. The van der Waals surface area contributed by atoms with E-state index < -0.39 is 0 Å². The van der Waals surface area contributed by atoms with Crippen molar-refractivity contribution >= 4 is 34.1 Å². The highest BCUT2D eigenvalue weighted by Gasteiger charge is 2.34. The molecule has 0 bridgehead atoms. The number of hydrogen-bond donors (Lipinski definition) is 2. The standard InChI is InChI=1S/C18H22N4O3S/c1-3-25-15-7-5-4-6-14(15)20-18(24)22(13-8-9-13)11-16(23)21-17-19-10-12(2)26-17/h4-7,10,13H,3,8-9,11H2,1-2H3,(H,20,24)(H,19,21,23). The number of para-hydroxylation sites is 2. The lowest BCUT2D eigenvalue weighted by molar-refractivity contribution is -0.116. The van der Waals surface area contributed by atoms with Crippen LogP contribution in [0.25, 0.3) is 0 Å². The molecule has 0 radical (unpaired) electrons. The lowest BCUT2D eigenvalue weighted by Crippen LogP contribution is -2.42. The van der Waals surface area contributed by atoms with Crippen LogP contribution < -0.4 is 15.4 Å². The van der Waals surface area contributed by atoms with Crippen LogP contribution in [0.5, 0.6) is 5.75 Å². The van der Waals surface area contributed by atoms with E-state index in [1.165, 1.54) is 11.3 Å². The number of thiazole rings is 1. The molecule has 0 aliphatic heterocycles. The molecule has 1 aromatic carbocycles. The van der Waals surface area contributed by atoms with E-state index in [0.717, 1.165) is 17.7 Å². The minimum atomic E-state index is -0.301. The fraction of sp³-hybridized carbons (Fsp3) is 0.389. The lowest BCUT2D eigenvalue weighted by Gasteiger charge is -2.22. The summed E-state index contributed by atoms with van der Waals surface area (Å²) in [7, 11) is 0. The minimum absolute atomic E-state index is 0.00801. The van der Waals surface area contributed by atoms with Crippen molar-refractivity contribution < 1.29 is 14.3 Å². The maximum Gasteiger partial charge on any atom is 0.322 e. The predicted octanol–water partition coefficient (Wildman–Crippen LogP) is 3.49. The van der Waals surface area contributed by atoms with E-state index in [0.29, 0.717) is 23.2 Å². The number of benzene rings is 1. The van der Waals surface area contributed by atoms with E-state index in [9.17, 15) is 9.59 Å². The molecule has 0 atom stereocenters. The number of aromatic nitrogens is 1. The Morgan fingerprint density at radius 2 is 2.08 bits per heavy atom. The largest absolute Gasteiger partial charge is 0.492 e. The molecule has 1 fully saturated rings. The van der Waals surface area contributed by atoms with E-state index in [4.69, 9.17) is 4.74 Å². The van der Waals surface area contributed by atoms with Gasteiger partial charge in [-0.25, -0.2) is 9.78 Å². The average Bonchev–Trinajstić information content (AvgIpc) is 3.37. The number of ether oxygens (including phenoxy) is 1. The molecule has 0 unspecified atom stereocenters. The number of rotatable bonds is 7. The van der Waals surface area contributed by atoms with Gasteiger partial charge >= 0.3 is 6.03 Å². The Kier molecular flexibility index (Phi) is 5.72. The Balaban J connectivity index is 1.64. The van der Waals surface area contributed by atoms with Crippen LogP contribution in [0.15, 0.2) is 30.5 Å². The zero-order chi connectivity index (χ0) is 18.5. The number of amides is 3. The summed E-state index contributed by atoms with van der Waals surface area (Å²) >= 11 is 1.41. The van der Waals surface area contributed by atoms with Gasteiger partial charge < -0.3 is 20.3 Å². The summed E-state index contributed by atoms with van der Waals surface area (Å²) < 4.78 is 5.54. The molecule has 1 aliphatic rings. The Labute approximate surface area is 156 Å². The van der Waals surface area contributed by atoms with Crippen molar-refractivity contribution in [2.24, 2.45) is 0 Å². The molecule has 1 aromatic heterocycles. The minimum Gasteiger partial charge on any atom is -0.492 e. The van der Waals surface area contributed by atoms with Gasteiger partial charge in [0, 0.05) is 17.1 Å². The first kappa shape index (κ1) is 18.2. The highest BCUT2D eigenvalue weighted by Crippen LogP contribution is 2.29. The van der Waals surface area contributed by atoms with E-state index in [-0.39, 0.29) is 24.5 Å². The molecule has 138 valence electrons. The monoisotopic (exact) mass is 374 g/mol.